The third-order valence-electron chi connectivity index (χ3n) is 5.41. The highest BCUT2D eigenvalue weighted by Gasteiger charge is 2.40. The van der Waals surface area contributed by atoms with Gasteiger partial charge in [0.2, 0.25) is 0 Å². The number of nitrogens with zero attached hydrogens (tertiary/aromatic N) is 4. The second-order valence-electron chi connectivity index (χ2n) is 7.80. The van der Waals surface area contributed by atoms with Crippen LogP contribution >= 0.6 is 12.2 Å². The van der Waals surface area contributed by atoms with E-state index in [1.54, 1.807) is 12.1 Å². The molecule has 2 atom stereocenters. The fourth-order valence-corrected chi connectivity index (χ4v) is 4.34. The molecule has 6 nitrogen and oxygen atoms in total. The lowest BCUT2D eigenvalue weighted by Gasteiger charge is -2.29. The number of hydrogen-bond acceptors (Lipinski definition) is 4. The molecule has 3 heterocycles. The van der Waals surface area contributed by atoms with Gasteiger partial charge in [0.15, 0.2) is 5.11 Å². The largest absolute Gasteiger partial charge is 0.508 e. The second-order valence-corrected chi connectivity index (χ2v) is 8.18. The van der Waals surface area contributed by atoms with Gasteiger partial charge in [-0.2, -0.15) is 0 Å². The third kappa shape index (κ3) is 4.17. The van der Waals surface area contributed by atoms with E-state index >= 15 is 0 Å². The maximum atomic E-state index is 9.69. The number of phenols is 1. The van der Waals surface area contributed by atoms with Crippen LogP contribution in [0.1, 0.15) is 29.9 Å². The molecule has 0 amide bonds. The van der Waals surface area contributed by atoms with Gasteiger partial charge in [-0.05, 0) is 87.8 Å². The number of hydrogen-bond donors (Lipinski definition) is 2. The van der Waals surface area contributed by atoms with Crippen LogP contribution in [0.25, 0.3) is 5.69 Å². The summed E-state index contributed by atoms with van der Waals surface area (Å²) in [7, 11) is 4.18. The molecule has 4 rings (SSSR count). The molecule has 7 heteroatoms. The Labute approximate surface area is 182 Å². The fraction of sp³-hybridized carbons (Fsp3) is 0.304. The van der Waals surface area contributed by atoms with Crippen molar-refractivity contribution >= 4 is 17.3 Å². The van der Waals surface area contributed by atoms with Gasteiger partial charge in [0.1, 0.15) is 5.75 Å². The number of aromatic hydroxyl groups is 1. The van der Waals surface area contributed by atoms with Crippen molar-refractivity contribution in [1.82, 2.24) is 24.7 Å². The van der Waals surface area contributed by atoms with Crippen LogP contribution in [0.4, 0.5) is 0 Å². The first kappa shape index (κ1) is 20.4. The highest BCUT2D eigenvalue weighted by Crippen LogP contribution is 2.39. The highest BCUT2D eigenvalue weighted by molar-refractivity contribution is 7.80. The molecule has 0 radical (unpaired) electrons. The minimum Gasteiger partial charge on any atom is -0.508 e. The van der Waals surface area contributed by atoms with Gasteiger partial charge in [0.25, 0.3) is 0 Å². The molecule has 0 spiro atoms. The second kappa shape index (κ2) is 8.85. The van der Waals surface area contributed by atoms with E-state index in [0.717, 1.165) is 41.7 Å². The van der Waals surface area contributed by atoms with E-state index < -0.39 is 0 Å². The van der Waals surface area contributed by atoms with Crippen LogP contribution in [0.2, 0.25) is 0 Å². The van der Waals surface area contributed by atoms with Gasteiger partial charge in [-0.25, -0.2) is 0 Å². The van der Waals surface area contributed by atoms with Crippen molar-refractivity contribution in [2.45, 2.75) is 18.5 Å². The van der Waals surface area contributed by atoms with E-state index in [1.165, 1.54) is 0 Å². The zero-order valence-corrected chi connectivity index (χ0v) is 18.1. The molecule has 1 fully saturated rings. The van der Waals surface area contributed by atoms with Gasteiger partial charge in [0, 0.05) is 30.3 Å². The normalized spacial score (nSPS) is 18.8. The predicted octanol–water partition coefficient (Wildman–Crippen LogP) is 3.50. The summed E-state index contributed by atoms with van der Waals surface area (Å²) >= 11 is 5.76. The van der Waals surface area contributed by atoms with Gasteiger partial charge in [0.05, 0.1) is 17.8 Å². The number of pyridine rings is 1. The van der Waals surface area contributed by atoms with Gasteiger partial charge in [-0.1, -0.05) is 6.07 Å². The summed E-state index contributed by atoms with van der Waals surface area (Å²) in [5, 5.41) is 14.0. The van der Waals surface area contributed by atoms with Crippen LogP contribution in [0.15, 0.2) is 67.0 Å². The molecule has 3 aromatic rings. The number of nitrogens with one attached hydrogen (secondary N) is 1. The Kier molecular flexibility index (Phi) is 6.01. The molecule has 1 aliphatic rings. The standard InChI is InChI=1S/C23H27N5OS/c1-26(2)14-6-16-28-22(21(25-23(28)30)19-7-3-4-13-24-19)20-8-5-15-27(20)17-9-11-18(29)12-10-17/h3-5,7-13,15,21-22,29H,6,14,16H2,1-2H3,(H,25,30)/t21-,22+/m0/s1. The van der Waals surface area contributed by atoms with Crippen molar-refractivity contribution < 1.29 is 5.11 Å². The lowest BCUT2D eigenvalue weighted by atomic mass is 10.0. The summed E-state index contributed by atoms with van der Waals surface area (Å²) in [5.41, 5.74) is 3.10. The zero-order valence-electron chi connectivity index (χ0n) is 17.3. The summed E-state index contributed by atoms with van der Waals surface area (Å²) < 4.78 is 2.16. The maximum absolute atomic E-state index is 9.69. The molecule has 0 saturated carbocycles. The Morgan fingerprint density at radius 1 is 1.10 bits per heavy atom. The van der Waals surface area contributed by atoms with Crippen molar-refractivity contribution in [2.24, 2.45) is 0 Å². The molecule has 156 valence electrons. The van der Waals surface area contributed by atoms with Crippen molar-refractivity contribution in [3.63, 3.8) is 0 Å². The molecule has 0 aliphatic carbocycles. The molecule has 0 bridgehead atoms. The first-order valence-electron chi connectivity index (χ1n) is 10.1. The predicted molar refractivity (Wildman–Crippen MR) is 123 cm³/mol. The Balaban J connectivity index is 1.73. The van der Waals surface area contributed by atoms with Crippen molar-refractivity contribution in [3.05, 3.63) is 78.4 Å². The lowest BCUT2D eigenvalue weighted by Crippen LogP contribution is -2.32. The summed E-state index contributed by atoms with van der Waals surface area (Å²) in [6.07, 6.45) is 4.89. The first-order valence-corrected chi connectivity index (χ1v) is 10.5. The minimum atomic E-state index is -0.0381. The van der Waals surface area contributed by atoms with Crippen LogP contribution in [0.5, 0.6) is 5.75 Å². The molecule has 1 aliphatic heterocycles. The average Bonchev–Trinajstić information content (AvgIpc) is 3.34. The van der Waals surface area contributed by atoms with Crippen LogP contribution in [0, 0.1) is 0 Å². The van der Waals surface area contributed by atoms with Gasteiger partial charge < -0.3 is 24.8 Å². The van der Waals surface area contributed by atoms with Crippen LogP contribution in [-0.4, -0.2) is 56.8 Å². The smallest absolute Gasteiger partial charge is 0.170 e. The molecular weight excluding hydrogens is 394 g/mol. The Hall–Kier alpha value is -2.90. The summed E-state index contributed by atoms with van der Waals surface area (Å²) in [6, 6.07) is 17.4. The van der Waals surface area contributed by atoms with Gasteiger partial charge in [-0.3, -0.25) is 4.98 Å². The van der Waals surface area contributed by atoms with Crippen molar-refractivity contribution in [2.75, 3.05) is 27.2 Å². The zero-order chi connectivity index (χ0) is 21.1. The topological polar surface area (TPSA) is 56.6 Å². The number of thiocarbonyl (C=S) groups is 1. The molecule has 30 heavy (non-hydrogen) atoms. The van der Waals surface area contributed by atoms with E-state index in [2.05, 4.69) is 57.1 Å². The molecule has 1 aromatic carbocycles. The van der Waals surface area contributed by atoms with E-state index in [0.29, 0.717) is 0 Å². The van der Waals surface area contributed by atoms with E-state index in [4.69, 9.17) is 12.2 Å². The summed E-state index contributed by atoms with van der Waals surface area (Å²) in [4.78, 5) is 9.09. The third-order valence-corrected chi connectivity index (χ3v) is 5.77. The lowest BCUT2D eigenvalue weighted by molar-refractivity contribution is 0.286. The van der Waals surface area contributed by atoms with Crippen molar-refractivity contribution in [3.8, 4) is 11.4 Å². The summed E-state index contributed by atoms with van der Waals surface area (Å²) in [6.45, 7) is 1.86. The molecular formula is C23H27N5OS. The minimum absolute atomic E-state index is 0.0124. The number of benzene rings is 1. The quantitative estimate of drug-likeness (QED) is 0.570. The van der Waals surface area contributed by atoms with Crippen molar-refractivity contribution in [1.29, 1.82) is 0 Å². The van der Waals surface area contributed by atoms with E-state index in [1.807, 2.05) is 36.5 Å². The maximum Gasteiger partial charge on any atom is 0.170 e. The number of rotatable bonds is 7. The Bertz CT molecular complexity index is 986. The van der Waals surface area contributed by atoms with Crippen LogP contribution in [-0.2, 0) is 0 Å². The molecule has 2 N–H and O–H groups in total. The number of phenolic OH excluding ortho intramolecular Hbond substituents is 1. The Morgan fingerprint density at radius 3 is 2.60 bits per heavy atom. The van der Waals surface area contributed by atoms with Gasteiger partial charge in [-0.15, -0.1) is 0 Å². The number of aromatic nitrogens is 2. The Morgan fingerprint density at radius 2 is 1.90 bits per heavy atom. The fourth-order valence-electron chi connectivity index (χ4n) is 4.01. The summed E-state index contributed by atoms with van der Waals surface area (Å²) in [5.74, 6) is 0.257. The van der Waals surface area contributed by atoms with Gasteiger partial charge >= 0.3 is 0 Å². The molecule has 0 unspecified atom stereocenters. The van der Waals surface area contributed by atoms with E-state index in [9.17, 15) is 5.11 Å². The molecule has 2 aromatic heterocycles. The SMILES string of the molecule is CN(C)CCCN1C(=S)N[C@@H](c2ccccn2)[C@H]1c1cccn1-c1ccc(O)cc1. The van der Waals surface area contributed by atoms with Crippen LogP contribution < -0.4 is 5.32 Å². The first-order chi connectivity index (χ1) is 14.5. The highest BCUT2D eigenvalue weighted by atomic mass is 32.1. The molecule has 1 saturated heterocycles. The van der Waals surface area contributed by atoms with E-state index in [-0.39, 0.29) is 17.8 Å². The van der Waals surface area contributed by atoms with Crippen LogP contribution in [0.3, 0.4) is 0 Å². The monoisotopic (exact) mass is 421 g/mol. The average molecular weight is 422 g/mol.